The lowest BCUT2D eigenvalue weighted by molar-refractivity contribution is 0.198. The number of benzene rings is 1. The summed E-state index contributed by atoms with van der Waals surface area (Å²) in [5.74, 6) is 1.36. The summed E-state index contributed by atoms with van der Waals surface area (Å²) in [5.41, 5.74) is 5.81. The number of rotatable bonds is 6. The van der Waals surface area contributed by atoms with Crippen LogP contribution in [0.2, 0.25) is 0 Å². The second kappa shape index (κ2) is 9.38. The van der Waals surface area contributed by atoms with E-state index in [1.54, 1.807) is 6.20 Å². The third-order valence-electron chi connectivity index (χ3n) is 6.06. The minimum absolute atomic E-state index is 0.402. The van der Waals surface area contributed by atoms with Gasteiger partial charge in [0.2, 0.25) is 0 Å². The number of aryl methyl sites for hydroxylation is 1. The fourth-order valence-electron chi connectivity index (χ4n) is 4.49. The van der Waals surface area contributed by atoms with Crippen molar-refractivity contribution in [1.29, 1.82) is 0 Å². The molecule has 1 aliphatic heterocycles. The Morgan fingerprint density at radius 1 is 1.12 bits per heavy atom. The predicted molar refractivity (Wildman–Crippen MR) is 131 cm³/mol. The third kappa shape index (κ3) is 4.69. The van der Waals surface area contributed by atoms with Crippen LogP contribution in [0.4, 0.5) is 5.82 Å². The van der Waals surface area contributed by atoms with Gasteiger partial charge in [-0.1, -0.05) is 35.9 Å². The second-order valence-corrected chi connectivity index (χ2v) is 9.43. The highest BCUT2D eigenvalue weighted by atomic mass is 79.9. The van der Waals surface area contributed by atoms with Crippen LogP contribution >= 0.6 is 15.9 Å². The fourth-order valence-corrected chi connectivity index (χ4v) is 4.84. The summed E-state index contributed by atoms with van der Waals surface area (Å²) in [6.45, 7) is 5.99. The zero-order chi connectivity index (χ0) is 21.9. The standard InChI is InChI=1S/C25H27BrN6/c1-18-5-2-6-19(11-18)16-31-10-4-8-21(17-31)23-12-24(28-14-20-7-3-9-27-13-20)32-25(30-23)22(26)15-29-32/h2-3,5-7,9,11-13,15,21,28H,4,8,10,14,16-17H2,1H3. The van der Waals surface area contributed by atoms with E-state index in [1.165, 1.54) is 17.5 Å². The normalized spacial score (nSPS) is 17.0. The molecule has 164 valence electrons. The van der Waals surface area contributed by atoms with Crippen LogP contribution in [0.3, 0.4) is 0 Å². The second-order valence-electron chi connectivity index (χ2n) is 8.57. The molecule has 0 bridgehead atoms. The Labute approximate surface area is 196 Å². The van der Waals surface area contributed by atoms with Crippen LogP contribution in [0.1, 0.15) is 41.1 Å². The van der Waals surface area contributed by atoms with Crippen molar-refractivity contribution >= 4 is 27.4 Å². The van der Waals surface area contributed by atoms with Crippen molar-refractivity contribution in [2.45, 2.75) is 38.8 Å². The topological polar surface area (TPSA) is 58.4 Å². The minimum Gasteiger partial charge on any atom is -0.366 e. The van der Waals surface area contributed by atoms with E-state index in [4.69, 9.17) is 4.98 Å². The number of hydrogen-bond donors (Lipinski definition) is 1. The molecule has 1 N–H and O–H groups in total. The number of likely N-dealkylation sites (tertiary alicyclic amines) is 1. The first-order valence-corrected chi connectivity index (χ1v) is 11.9. The summed E-state index contributed by atoms with van der Waals surface area (Å²) in [4.78, 5) is 11.8. The van der Waals surface area contributed by atoms with E-state index < -0.39 is 0 Å². The maximum Gasteiger partial charge on any atom is 0.171 e. The van der Waals surface area contributed by atoms with Crippen LogP contribution in [0, 0.1) is 6.92 Å². The molecule has 4 aromatic rings. The Balaban J connectivity index is 1.38. The molecule has 32 heavy (non-hydrogen) atoms. The Morgan fingerprint density at radius 2 is 2.03 bits per heavy atom. The molecule has 1 aliphatic rings. The highest BCUT2D eigenvalue weighted by Crippen LogP contribution is 2.30. The quantitative estimate of drug-likeness (QED) is 0.403. The highest BCUT2D eigenvalue weighted by molar-refractivity contribution is 9.10. The minimum atomic E-state index is 0.402. The molecule has 7 heteroatoms. The van der Waals surface area contributed by atoms with Crippen molar-refractivity contribution in [2.24, 2.45) is 0 Å². The van der Waals surface area contributed by atoms with Crippen molar-refractivity contribution in [3.63, 3.8) is 0 Å². The van der Waals surface area contributed by atoms with Gasteiger partial charge in [-0.05, 0) is 59.4 Å². The van der Waals surface area contributed by atoms with Crippen LogP contribution in [-0.2, 0) is 13.1 Å². The number of halogens is 1. The number of anilines is 1. The maximum absolute atomic E-state index is 5.00. The number of nitrogens with one attached hydrogen (secondary N) is 1. The number of fused-ring (bicyclic) bond motifs is 1. The van der Waals surface area contributed by atoms with Gasteiger partial charge < -0.3 is 5.32 Å². The van der Waals surface area contributed by atoms with Gasteiger partial charge in [-0.2, -0.15) is 9.61 Å². The summed E-state index contributed by atoms with van der Waals surface area (Å²) in [7, 11) is 0. The third-order valence-corrected chi connectivity index (χ3v) is 6.62. The largest absolute Gasteiger partial charge is 0.366 e. The molecule has 0 spiro atoms. The van der Waals surface area contributed by atoms with E-state index in [-0.39, 0.29) is 0 Å². The molecule has 1 saturated heterocycles. The van der Waals surface area contributed by atoms with Crippen molar-refractivity contribution in [3.8, 4) is 0 Å². The van der Waals surface area contributed by atoms with Gasteiger partial charge in [-0.25, -0.2) is 4.98 Å². The summed E-state index contributed by atoms with van der Waals surface area (Å²) >= 11 is 3.62. The Morgan fingerprint density at radius 3 is 2.88 bits per heavy atom. The molecule has 0 aliphatic carbocycles. The van der Waals surface area contributed by atoms with Gasteiger partial charge in [-0.15, -0.1) is 0 Å². The number of nitrogens with zero attached hydrogens (tertiary/aromatic N) is 5. The molecular weight excluding hydrogens is 464 g/mol. The van der Waals surface area contributed by atoms with Gasteiger partial charge >= 0.3 is 0 Å². The van der Waals surface area contributed by atoms with E-state index in [1.807, 2.05) is 23.0 Å². The molecule has 0 saturated carbocycles. The number of piperidine rings is 1. The summed E-state index contributed by atoms with van der Waals surface area (Å²) in [5, 5.41) is 8.05. The van der Waals surface area contributed by atoms with E-state index in [0.29, 0.717) is 12.5 Å². The van der Waals surface area contributed by atoms with Crippen LogP contribution in [-0.4, -0.2) is 37.6 Å². The Hall–Kier alpha value is -2.77. The van der Waals surface area contributed by atoms with Crippen molar-refractivity contribution in [1.82, 2.24) is 24.5 Å². The van der Waals surface area contributed by atoms with E-state index in [9.17, 15) is 0 Å². The lowest BCUT2D eigenvalue weighted by Crippen LogP contribution is -2.34. The number of hydrogen-bond acceptors (Lipinski definition) is 5. The van der Waals surface area contributed by atoms with Gasteiger partial charge in [0, 0.05) is 44.0 Å². The molecule has 1 aromatic carbocycles. The average Bonchev–Trinajstić information content (AvgIpc) is 3.19. The fraction of sp³-hybridized carbons (Fsp3) is 0.320. The van der Waals surface area contributed by atoms with Crippen LogP contribution in [0.25, 0.3) is 5.65 Å². The van der Waals surface area contributed by atoms with Gasteiger partial charge in [-0.3, -0.25) is 9.88 Å². The molecule has 1 atom stereocenters. The summed E-state index contributed by atoms with van der Waals surface area (Å²) in [6, 6.07) is 15.0. The Bertz CT molecular complexity index is 1210. The zero-order valence-electron chi connectivity index (χ0n) is 18.2. The van der Waals surface area contributed by atoms with Crippen LogP contribution in [0.5, 0.6) is 0 Å². The monoisotopic (exact) mass is 490 g/mol. The maximum atomic E-state index is 5.00. The Kier molecular flexibility index (Phi) is 6.19. The molecule has 3 aromatic heterocycles. The zero-order valence-corrected chi connectivity index (χ0v) is 19.8. The van der Waals surface area contributed by atoms with Gasteiger partial charge in [0.1, 0.15) is 5.82 Å². The molecular formula is C25H27BrN6. The molecule has 6 nitrogen and oxygen atoms in total. The van der Waals surface area contributed by atoms with Crippen molar-refractivity contribution < 1.29 is 0 Å². The number of aromatic nitrogens is 4. The van der Waals surface area contributed by atoms with Crippen LogP contribution < -0.4 is 5.32 Å². The van der Waals surface area contributed by atoms with E-state index in [0.717, 1.165) is 53.3 Å². The van der Waals surface area contributed by atoms with Crippen molar-refractivity contribution in [3.05, 3.63) is 87.9 Å². The molecule has 1 fully saturated rings. The van der Waals surface area contributed by atoms with Crippen LogP contribution in [0.15, 0.2) is 65.5 Å². The first kappa shape index (κ1) is 21.1. The molecule has 0 amide bonds. The SMILES string of the molecule is Cc1cccc(CN2CCCC(c3cc(NCc4cccnc4)n4ncc(Br)c4n3)C2)c1. The van der Waals surface area contributed by atoms with E-state index >= 15 is 0 Å². The smallest absolute Gasteiger partial charge is 0.171 e. The lowest BCUT2D eigenvalue weighted by atomic mass is 9.94. The van der Waals surface area contributed by atoms with Crippen molar-refractivity contribution in [2.75, 3.05) is 18.4 Å². The summed E-state index contributed by atoms with van der Waals surface area (Å²) in [6.07, 6.45) is 7.83. The average molecular weight is 491 g/mol. The van der Waals surface area contributed by atoms with Gasteiger partial charge in [0.15, 0.2) is 5.65 Å². The first-order valence-electron chi connectivity index (χ1n) is 11.1. The molecule has 0 radical (unpaired) electrons. The summed E-state index contributed by atoms with van der Waals surface area (Å²) < 4.78 is 2.79. The van der Waals surface area contributed by atoms with E-state index in [2.05, 4.69) is 79.6 Å². The lowest BCUT2D eigenvalue weighted by Gasteiger charge is -2.32. The van der Waals surface area contributed by atoms with Gasteiger partial charge in [0.05, 0.1) is 16.4 Å². The molecule has 5 rings (SSSR count). The van der Waals surface area contributed by atoms with Gasteiger partial charge in [0.25, 0.3) is 0 Å². The molecule has 4 heterocycles. The number of pyridine rings is 1. The predicted octanol–water partition coefficient (Wildman–Crippen LogP) is 5.19. The highest BCUT2D eigenvalue weighted by Gasteiger charge is 2.24. The first-order chi connectivity index (χ1) is 15.7. The molecule has 1 unspecified atom stereocenters.